The number of aryl methyl sites for hydroxylation is 1. The zero-order chi connectivity index (χ0) is 21.1. The van der Waals surface area contributed by atoms with Crippen LogP contribution in [0.25, 0.3) is 5.69 Å². The lowest BCUT2D eigenvalue weighted by molar-refractivity contribution is 0.0599. The van der Waals surface area contributed by atoms with Gasteiger partial charge in [0.25, 0.3) is 0 Å². The van der Waals surface area contributed by atoms with Crippen molar-refractivity contribution >= 4 is 23.5 Å². The molecular formula is C19H21N5O4S. The van der Waals surface area contributed by atoms with Gasteiger partial charge in [0, 0.05) is 5.69 Å². The summed E-state index contributed by atoms with van der Waals surface area (Å²) < 4.78 is 11.5. The quantitative estimate of drug-likeness (QED) is 0.356. The summed E-state index contributed by atoms with van der Waals surface area (Å²) in [7, 11) is 2.91. The first-order valence-electron chi connectivity index (χ1n) is 8.78. The second kappa shape index (κ2) is 8.48. The molecule has 3 rings (SSSR count). The van der Waals surface area contributed by atoms with E-state index in [2.05, 4.69) is 20.5 Å². The SMILES string of the molecule is COC(=O)c1c(C)[nH]c(C(=O)[C@@H](C)Sc2nnnn2-c2ccc(OC)cc2)c1C. The number of aromatic nitrogens is 5. The van der Waals surface area contributed by atoms with Crippen molar-refractivity contribution < 1.29 is 19.1 Å². The summed E-state index contributed by atoms with van der Waals surface area (Å²) in [5, 5.41) is 11.8. The molecule has 9 nitrogen and oxygen atoms in total. The smallest absolute Gasteiger partial charge is 0.339 e. The maximum Gasteiger partial charge on any atom is 0.339 e. The Morgan fingerprint density at radius 3 is 2.48 bits per heavy atom. The summed E-state index contributed by atoms with van der Waals surface area (Å²) in [6.45, 7) is 5.23. The molecule has 0 fully saturated rings. The summed E-state index contributed by atoms with van der Waals surface area (Å²) >= 11 is 1.23. The van der Waals surface area contributed by atoms with Crippen LogP contribution in [-0.2, 0) is 4.74 Å². The number of hydrogen-bond acceptors (Lipinski definition) is 8. The van der Waals surface area contributed by atoms with Crippen molar-refractivity contribution in [1.29, 1.82) is 0 Å². The molecule has 29 heavy (non-hydrogen) atoms. The van der Waals surface area contributed by atoms with Gasteiger partial charge in [0.2, 0.25) is 5.16 Å². The van der Waals surface area contributed by atoms with Gasteiger partial charge in [0.05, 0.1) is 36.4 Å². The zero-order valence-electron chi connectivity index (χ0n) is 16.7. The number of benzene rings is 1. The average Bonchev–Trinajstić information content (AvgIpc) is 3.30. The van der Waals surface area contributed by atoms with Crippen molar-refractivity contribution in [3.63, 3.8) is 0 Å². The number of carbonyl (C=O) groups excluding carboxylic acids is 2. The molecule has 10 heteroatoms. The first kappa shape index (κ1) is 20.6. The number of carbonyl (C=O) groups is 2. The lowest BCUT2D eigenvalue weighted by Gasteiger charge is -2.10. The van der Waals surface area contributed by atoms with Crippen molar-refractivity contribution in [2.75, 3.05) is 14.2 Å². The fraction of sp³-hybridized carbons (Fsp3) is 0.316. The number of methoxy groups -OCH3 is 2. The molecule has 0 radical (unpaired) electrons. The molecule has 0 saturated heterocycles. The molecule has 0 aliphatic rings. The third kappa shape index (κ3) is 4.02. The molecule has 0 aliphatic heterocycles. The first-order chi connectivity index (χ1) is 13.9. The van der Waals surface area contributed by atoms with Gasteiger partial charge in [0.1, 0.15) is 5.75 Å². The van der Waals surface area contributed by atoms with Crippen LogP contribution in [0.2, 0.25) is 0 Å². The number of ketones is 1. The van der Waals surface area contributed by atoms with Crippen molar-refractivity contribution in [2.24, 2.45) is 0 Å². The summed E-state index contributed by atoms with van der Waals surface area (Å²) in [5.41, 5.74) is 2.68. The van der Waals surface area contributed by atoms with E-state index in [4.69, 9.17) is 9.47 Å². The maximum atomic E-state index is 13.0. The number of esters is 1. The zero-order valence-corrected chi connectivity index (χ0v) is 17.5. The number of nitrogens with one attached hydrogen (secondary N) is 1. The highest BCUT2D eigenvalue weighted by atomic mass is 32.2. The minimum absolute atomic E-state index is 0.157. The predicted molar refractivity (Wildman–Crippen MR) is 107 cm³/mol. The number of nitrogens with zero attached hydrogens (tertiary/aromatic N) is 4. The summed E-state index contributed by atoms with van der Waals surface area (Å²) in [6, 6.07) is 7.26. The van der Waals surface area contributed by atoms with Gasteiger partial charge in [-0.15, -0.1) is 5.10 Å². The monoisotopic (exact) mass is 415 g/mol. The van der Waals surface area contributed by atoms with Crippen LogP contribution in [-0.4, -0.2) is 56.4 Å². The highest BCUT2D eigenvalue weighted by molar-refractivity contribution is 8.00. The van der Waals surface area contributed by atoms with Crippen LogP contribution in [0.4, 0.5) is 0 Å². The Hall–Kier alpha value is -3.14. The predicted octanol–water partition coefficient (Wildman–Crippen LogP) is 2.77. The molecular weight excluding hydrogens is 394 g/mol. The van der Waals surface area contributed by atoms with Crippen LogP contribution < -0.4 is 4.74 Å². The second-order valence-corrected chi connectivity index (χ2v) is 7.62. The van der Waals surface area contributed by atoms with E-state index in [1.54, 1.807) is 44.7 Å². The molecule has 1 aromatic carbocycles. The first-order valence-corrected chi connectivity index (χ1v) is 9.66. The Kier molecular flexibility index (Phi) is 6.02. The molecule has 0 spiro atoms. The highest BCUT2D eigenvalue weighted by Crippen LogP contribution is 2.28. The Bertz CT molecular complexity index is 1040. The van der Waals surface area contributed by atoms with E-state index in [0.29, 0.717) is 27.7 Å². The van der Waals surface area contributed by atoms with Crippen LogP contribution in [0, 0.1) is 13.8 Å². The van der Waals surface area contributed by atoms with Gasteiger partial charge in [0.15, 0.2) is 5.78 Å². The lowest BCUT2D eigenvalue weighted by atomic mass is 10.1. The van der Waals surface area contributed by atoms with Crippen LogP contribution in [0.5, 0.6) is 5.75 Å². The number of hydrogen-bond donors (Lipinski definition) is 1. The second-order valence-electron chi connectivity index (χ2n) is 6.31. The number of rotatable bonds is 7. The molecule has 0 saturated carbocycles. The minimum Gasteiger partial charge on any atom is -0.497 e. The van der Waals surface area contributed by atoms with E-state index in [0.717, 1.165) is 11.4 Å². The molecule has 152 valence electrons. The third-order valence-electron chi connectivity index (χ3n) is 4.48. The molecule has 0 bridgehead atoms. The van der Waals surface area contributed by atoms with Crippen molar-refractivity contribution in [3.05, 3.63) is 46.8 Å². The van der Waals surface area contributed by atoms with Crippen molar-refractivity contribution in [2.45, 2.75) is 31.2 Å². The summed E-state index contributed by atoms with van der Waals surface area (Å²) in [6.07, 6.45) is 0. The Labute approximate surface area is 171 Å². The fourth-order valence-electron chi connectivity index (χ4n) is 2.96. The number of Topliss-reactive ketones (excluding diaryl/α,β-unsaturated/α-hetero) is 1. The lowest BCUT2D eigenvalue weighted by Crippen LogP contribution is -2.16. The van der Waals surface area contributed by atoms with E-state index in [-0.39, 0.29) is 5.78 Å². The van der Waals surface area contributed by atoms with E-state index in [1.165, 1.54) is 18.9 Å². The molecule has 1 N–H and O–H groups in total. The molecule has 2 aromatic heterocycles. The highest BCUT2D eigenvalue weighted by Gasteiger charge is 2.27. The fourth-order valence-corrected chi connectivity index (χ4v) is 3.82. The standard InChI is InChI=1S/C19H21N5O4S/c1-10-15(18(26)28-5)11(2)20-16(10)17(25)12(3)29-19-21-22-23-24(19)13-6-8-14(27-4)9-7-13/h6-9,12,20H,1-5H3/t12-/m1/s1. The molecule has 0 aliphatic carbocycles. The van der Waals surface area contributed by atoms with Gasteiger partial charge < -0.3 is 14.5 Å². The molecule has 3 aromatic rings. The van der Waals surface area contributed by atoms with Crippen molar-refractivity contribution in [1.82, 2.24) is 25.2 Å². The van der Waals surface area contributed by atoms with E-state index < -0.39 is 11.2 Å². The number of ether oxygens (including phenoxy) is 2. The molecule has 2 heterocycles. The van der Waals surface area contributed by atoms with Gasteiger partial charge >= 0.3 is 5.97 Å². The van der Waals surface area contributed by atoms with Crippen LogP contribution in [0.15, 0.2) is 29.4 Å². The van der Waals surface area contributed by atoms with Gasteiger partial charge in [-0.1, -0.05) is 11.8 Å². The maximum absolute atomic E-state index is 13.0. The van der Waals surface area contributed by atoms with E-state index in [9.17, 15) is 9.59 Å². The number of tetrazole rings is 1. The van der Waals surface area contributed by atoms with Gasteiger partial charge in [-0.2, -0.15) is 4.68 Å². The van der Waals surface area contributed by atoms with Crippen LogP contribution in [0.1, 0.15) is 39.0 Å². The molecule has 0 amide bonds. The van der Waals surface area contributed by atoms with Gasteiger partial charge in [-0.05, 0) is 61.0 Å². The average molecular weight is 415 g/mol. The van der Waals surface area contributed by atoms with Crippen LogP contribution >= 0.6 is 11.8 Å². The minimum atomic E-state index is -0.486. The third-order valence-corrected chi connectivity index (χ3v) is 5.52. The van der Waals surface area contributed by atoms with Gasteiger partial charge in [-0.25, -0.2) is 4.79 Å². The normalized spacial score (nSPS) is 11.9. The van der Waals surface area contributed by atoms with Crippen molar-refractivity contribution in [3.8, 4) is 11.4 Å². The van der Waals surface area contributed by atoms with E-state index >= 15 is 0 Å². The largest absolute Gasteiger partial charge is 0.497 e. The van der Waals surface area contributed by atoms with E-state index in [1.807, 2.05) is 12.1 Å². The molecule has 0 unspecified atom stereocenters. The Balaban J connectivity index is 1.83. The molecule has 1 atom stereocenters. The van der Waals surface area contributed by atoms with Crippen LogP contribution in [0.3, 0.4) is 0 Å². The van der Waals surface area contributed by atoms with Gasteiger partial charge in [-0.3, -0.25) is 4.79 Å². The topological polar surface area (TPSA) is 112 Å². The summed E-state index contributed by atoms with van der Waals surface area (Å²) in [4.78, 5) is 28.0. The Morgan fingerprint density at radius 1 is 1.17 bits per heavy atom. The number of aromatic amines is 1. The number of thioether (sulfide) groups is 1. The summed E-state index contributed by atoms with van der Waals surface area (Å²) in [5.74, 6) is 0.0904. The Morgan fingerprint density at radius 2 is 1.86 bits per heavy atom. The number of H-pyrrole nitrogens is 1.